The van der Waals surface area contributed by atoms with Crippen molar-refractivity contribution in [3.8, 4) is 0 Å². The SMILES string of the molecule is CCc1ccsc1CNC(C)c1ccncc1. The summed E-state index contributed by atoms with van der Waals surface area (Å²) in [4.78, 5) is 5.49. The molecule has 0 bridgehead atoms. The predicted molar refractivity (Wildman–Crippen MR) is 73.2 cm³/mol. The summed E-state index contributed by atoms with van der Waals surface area (Å²) in [6.45, 7) is 5.34. The Kier molecular flexibility index (Phi) is 4.29. The molecule has 1 unspecified atom stereocenters. The molecule has 3 heteroatoms. The van der Waals surface area contributed by atoms with Gasteiger partial charge in [-0.15, -0.1) is 11.3 Å². The highest BCUT2D eigenvalue weighted by Crippen LogP contribution is 2.19. The Hall–Kier alpha value is -1.19. The minimum Gasteiger partial charge on any atom is -0.305 e. The molecule has 0 saturated carbocycles. The van der Waals surface area contributed by atoms with Gasteiger partial charge in [-0.05, 0) is 48.1 Å². The van der Waals surface area contributed by atoms with Gasteiger partial charge in [0.2, 0.25) is 0 Å². The molecule has 0 saturated heterocycles. The molecule has 0 spiro atoms. The van der Waals surface area contributed by atoms with Crippen molar-refractivity contribution < 1.29 is 0 Å². The molecule has 90 valence electrons. The monoisotopic (exact) mass is 246 g/mol. The Morgan fingerprint density at radius 1 is 1.29 bits per heavy atom. The lowest BCUT2D eigenvalue weighted by atomic mass is 10.1. The van der Waals surface area contributed by atoms with E-state index in [0.29, 0.717) is 6.04 Å². The third-order valence-corrected chi connectivity index (χ3v) is 3.96. The van der Waals surface area contributed by atoms with Crippen LogP contribution in [0.2, 0.25) is 0 Å². The lowest BCUT2D eigenvalue weighted by Crippen LogP contribution is -2.18. The third kappa shape index (κ3) is 3.14. The summed E-state index contributed by atoms with van der Waals surface area (Å²) in [5, 5.41) is 5.73. The minimum atomic E-state index is 0.366. The van der Waals surface area contributed by atoms with Gasteiger partial charge < -0.3 is 5.32 Å². The van der Waals surface area contributed by atoms with E-state index in [0.717, 1.165) is 13.0 Å². The van der Waals surface area contributed by atoms with Crippen LogP contribution in [0.4, 0.5) is 0 Å². The summed E-state index contributed by atoms with van der Waals surface area (Å²) < 4.78 is 0. The molecule has 17 heavy (non-hydrogen) atoms. The number of thiophene rings is 1. The quantitative estimate of drug-likeness (QED) is 0.872. The number of nitrogens with one attached hydrogen (secondary N) is 1. The van der Waals surface area contributed by atoms with Gasteiger partial charge in [0.05, 0.1) is 0 Å². The van der Waals surface area contributed by atoms with Crippen LogP contribution >= 0.6 is 11.3 Å². The van der Waals surface area contributed by atoms with Crippen LogP contribution in [0, 0.1) is 0 Å². The second-order valence-corrected chi connectivity index (χ2v) is 5.11. The highest BCUT2D eigenvalue weighted by molar-refractivity contribution is 7.10. The summed E-state index contributed by atoms with van der Waals surface area (Å²) in [7, 11) is 0. The molecule has 2 nitrogen and oxygen atoms in total. The maximum absolute atomic E-state index is 4.04. The van der Waals surface area contributed by atoms with Crippen LogP contribution in [0.15, 0.2) is 36.0 Å². The molecule has 2 rings (SSSR count). The summed E-state index contributed by atoms with van der Waals surface area (Å²) in [5.74, 6) is 0. The molecule has 2 heterocycles. The van der Waals surface area contributed by atoms with Crippen molar-refractivity contribution in [2.45, 2.75) is 32.9 Å². The van der Waals surface area contributed by atoms with Crippen molar-refractivity contribution in [3.63, 3.8) is 0 Å². The fraction of sp³-hybridized carbons (Fsp3) is 0.357. The van der Waals surface area contributed by atoms with Gasteiger partial charge in [0, 0.05) is 29.9 Å². The van der Waals surface area contributed by atoms with Gasteiger partial charge in [0.25, 0.3) is 0 Å². The summed E-state index contributed by atoms with van der Waals surface area (Å²) in [6, 6.07) is 6.71. The first-order chi connectivity index (χ1) is 8.31. The Morgan fingerprint density at radius 3 is 2.76 bits per heavy atom. The lowest BCUT2D eigenvalue weighted by Gasteiger charge is -2.13. The molecule has 0 aromatic carbocycles. The van der Waals surface area contributed by atoms with Crippen LogP contribution in [-0.4, -0.2) is 4.98 Å². The minimum absolute atomic E-state index is 0.366. The maximum atomic E-state index is 4.04. The molecule has 1 N–H and O–H groups in total. The van der Waals surface area contributed by atoms with E-state index in [1.165, 1.54) is 16.0 Å². The Labute approximate surface area is 107 Å². The van der Waals surface area contributed by atoms with Gasteiger partial charge in [-0.25, -0.2) is 0 Å². The molecule has 1 atom stereocenters. The van der Waals surface area contributed by atoms with E-state index in [9.17, 15) is 0 Å². The largest absolute Gasteiger partial charge is 0.305 e. The number of nitrogens with zero attached hydrogens (tertiary/aromatic N) is 1. The number of rotatable bonds is 5. The van der Waals surface area contributed by atoms with E-state index in [2.05, 4.69) is 47.7 Å². The van der Waals surface area contributed by atoms with E-state index < -0.39 is 0 Å². The number of hydrogen-bond donors (Lipinski definition) is 1. The first-order valence-electron chi connectivity index (χ1n) is 5.99. The highest BCUT2D eigenvalue weighted by Gasteiger charge is 2.06. The summed E-state index contributed by atoms with van der Waals surface area (Å²) in [6.07, 6.45) is 4.80. The van der Waals surface area contributed by atoms with E-state index in [1.54, 1.807) is 0 Å². The fourth-order valence-corrected chi connectivity index (χ4v) is 2.78. The molecule has 2 aromatic rings. The highest BCUT2D eigenvalue weighted by atomic mass is 32.1. The van der Waals surface area contributed by atoms with Crippen LogP contribution in [0.25, 0.3) is 0 Å². The first-order valence-corrected chi connectivity index (χ1v) is 6.87. The normalized spacial score (nSPS) is 12.6. The molecular weight excluding hydrogens is 228 g/mol. The Morgan fingerprint density at radius 2 is 2.06 bits per heavy atom. The number of hydrogen-bond acceptors (Lipinski definition) is 3. The molecule has 0 aliphatic heterocycles. The van der Waals surface area contributed by atoms with Crippen molar-refractivity contribution in [1.82, 2.24) is 10.3 Å². The zero-order valence-electron chi connectivity index (χ0n) is 10.3. The topological polar surface area (TPSA) is 24.9 Å². The predicted octanol–water partition coefficient (Wildman–Crippen LogP) is 3.56. The fourth-order valence-electron chi connectivity index (χ4n) is 1.85. The van der Waals surface area contributed by atoms with Crippen LogP contribution in [0.1, 0.15) is 35.9 Å². The van der Waals surface area contributed by atoms with E-state index in [4.69, 9.17) is 0 Å². The third-order valence-electron chi connectivity index (χ3n) is 2.99. The smallest absolute Gasteiger partial charge is 0.0308 e. The van der Waals surface area contributed by atoms with Crippen LogP contribution < -0.4 is 5.32 Å². The molecule has 0 radical (unpaired) electrons. The molecule has 0 fully saturated rings. The number of aryl methyl sites for hydroxylation is 1. The average molecular weight is 246 g/mol. The van der Waals surface area contributed by atoms with E-state index >= 15 is 0 Å². The van der Waals surface area contributed by atoms with Gasteiger partial charge in [-0.3, -0.25) is 4.98 Å². The second-order valence-electron chi connectivity index (χ2n) is 4.11. The van der Waals surface area contributed by atoms with Crippen molar-refractivity contribution >= 4 is 11.3 Å². The van der Waals surface area contributed by atoms with E-state index in [1.807, 2.05) is 23.7 Å². The molecule has 0 aliphatic carbocycles. The van der Waals surface area contributed by atoms with Gasteiger partial charge in [-0.1, -0.05) is 6.92 Å². The van der Waals surface area contributed by atoms with Crippen LogP contribution in [-0.2, 0) is 13.0 Å². The first kappa shape index (κ1) is 12.3. The van der Waals surface area contributed by atoms with Crippen molar-refractivity contribution in [3.05, 3.63) is 52.0 Å². The molecule has 0 aliphatic rings. The molecule has 0 amide bonds. The van der Waals surface area contributed by atoms with Crippen molar-refractivity contribution in [1.29, 1.82) is 0 Å². The summed E-state index contributed by atoms with van der Waals surface area (Å²) in [5.41, 5.74) is 2.75. The zero-order valence-corrected chi connectivity index (χ0v) is 11.1. The Balaban J connectivity index is 1.95. The van der Waals surface area contributed by atoms with E-state index in [-0.39, 0.29) is 0 Å². The van der Waals surface area contributed by atoms with Crippen molar-refractivity contribution in [2.75, 3.05) is 0 Å². The van der Waals surface area contributed by atoms with Crippen molar-refractivity contribution in [2.24, 2.45) is 0 Å². The van der Waals surface area contributed by atoms with Gasteiger partial charge in [-0.2, -0.15) is 0 Å². The summed E-state index contributed by atoms with van der Waals surface area (Å²) >= 11 is 1.84. The maximum Gasteiger partial charge on any atom is 0.0308 e. The lowest BCUT2D eigenvalue weighted by molar-refractivity contribution is 0.576. The van der Waals surface area contributed by atoms with Gasteiger partial charge in [0.1, 0.15) is 0 Å². The number of pyridine rings is 1. The van der Waals surface area contributed by atoms with Crippen LogP contribution in [0.3, 0.4) is 0 Å². The van der Waals surface area contributed by atoms with Crippen LogP contribution in [0.5, 0.6) is 0 Å². The average Bonchev–Trinajstić information content (AvgIpc) is 2.84. The number of aromatic nitrogens is 1. The van der Waals surface area contributed by atoms with Gasteiger partial charge in [0.15, 0.2) is 0 Å². The standard InChI is InChI=1S/C14H18N2S/c1-3-12-6-9-17-14(12)10-16-11(2)13-4-7-15-8-5-13/h4-9,11,16H,3,10H2,1-2H3. The zero-order chi connectivity index (χ0) is 12.1. The second kappa shape index (κ2) is 5.94. The Bertz CT molecular complexity index is 450. The molecule has 2 aromatic heterocycles. The van der Waals surface area contributed by atoms with Gasteiger partial charge >= 0.3 is 0 Å². The molecular formula is C14H18N2S.